The fourth-order valence-electron chi connectivity index (χ4n) is 2.62. The summed E-state index contributed by atoms with van der Waals surface area (Å²) in [6.07, 6.45) is 0. The molecule has 0 saturated heterocycles. The average Bonchev–Trinajstić information content (AvgIpc) is 2.73. The first kappa shape index (κ1) is 20.6. The third-order valence-corrected chi connectivity index (χ3v) is 4.87. The number of carbonyl (C=O) groups is 2. The van der Waals surface area contributed by atoms with E-state index in [9.17, 15) is 14.4 Å². The molecule has 3 aromatic rings. The molecule has 0 saturated carbocycles. The van der Waals surface area contributed by atoms with Crippen molar-refractivity contribution in [3.05, 3.63) is 65.0 Å². The third kappa shape index (κ3) is 5.21. The van der Waals surface area contributed by atoms with Crippen molar-refractivity contribution in [2.75, 3.05) is 26.0 Å². The Kier molecular flexibility index (Phi) is 6.99. The van der Waals surface area contributed by atoms with E-state index in [4.69, 9.17) is 4.74 Å². The summed E-state index contributed by atoms with van der Waals surface area (Å²) in [4.78, 5) is 41.4. The molecule has 0 radical (unpaired) electrons. The molecule has 3 rings (SSSR count). The van der Waals surface area contributed by atoms with Crippen molar-refractivity contribution >= 4 is 34.6 Å². The normalized spacial score (nSPS) is 10.7. The van der Waals surface area contributed by atoms with Gasteiger partial charge in [0.2, 0.25) is 5.91 Å². The Morgan fingerprint density at radius 1 is 1.10 bits per heavy atom. The number of amides is 3. The van der Waals surface area contributed by atoms with Gasteiger partial charge in [-0.25, -0.2) is 9.78 Å². The first-order chi connectivity index (χ1) is 14.1. The topological polar surface area (TPSA) is 102 Å². The summed E-state index contributed by atoms with van der Waals surface area (Å²) >= 11 is 1.08. The number of thioether (sulfide) groups is 1. The van der Waals surface area contributed by atoms with Crippen molar-refractivity contribution in [2.45, 2.75) is 5.16 Å². The molecule has 2 aromatic carbocycles. The van der Waals surface area contributed by atoms with E-state index in [1.165, 1.54) is 11.7 Å². The Labute approximate surface area is 171 Å². The van der Waals surface area contributed by atoms with Gasteiger partial charge in [-0.3, -0.25) is 19.5 Å². The Balaban J connectivity index is 1.82. The van der Waals surface area contributed by atoms with Gasteiger partial charge in [0.05, 0.1) is 29.0 Å². The Morgan fingerprint density at radius 2 is 1.83 bits per heavy atom. The highest BCUT2D eigenvalue weighted by molar-refractivity contribution is 7.99. The van der Waals surface area contributed by atoms with Gasteiger partial charge in [-0.1, -0.05) is 42.1 Å². The Bertz CT molecular complexity index is 1070. The van der Waals surface area contributed by atoms with E-state index in [2.05, 4.69) is 15.6 Å². The van der Waals surface area contributed by atoms with Crippen LogP contribution in [0.4, 0.5) is 4.79 Å². The summed E-state index contributed by atoms with van der Waals surface area (Å²) in [6.45, 7) is 0.642. The number of ether oxygens (including phenoxy) is 1. The van der Waals surface area contributed by atoms with E-state index in [1.54, 1.807) is 36.4 Å². The number of carbonyl (C=O) groups excluding carboxylic acids is 2. The van der Waals surface area contributed by atoms with Gasteiger partial charge in [0.15, 0.2) is 5.16 Å². The lowest BCUT2D eigenvalue weighted by Crippen LogP contribution is -2.41. The molecule has 0 aliphatic heterocycles. The second-order valence-corrected chi connectivity index (χ2v) is 6.92. The summed E-state index contributed by atoms with van der Waals surface area (Å²) < 4.78 is 6.30. The van der Waals surface area contributed by atoms with Gasteiger partial charge >= 0.3 is 6.03 Å². The zero-order chi connectivity index (χ0) is 20.6. The van der Waals surface area contributed by atoms with Gasteiger partial charge in [0.25, 0.3) is 5.56 Å². The molecule has 8 nitrogen and oxygen atoms in total. The number of urea groups is 1. The van der Waals surface area contributed by atoms with Crippen LogP contribution in [0.1, 0.15) is 0 Å². The summed E-state index contributed by atoms with van der Waals surface area (Å²) in [5, 5.41) is 5.61. The molecule has 150 valence electrons. The van der Waals surface area contributed by atoms with Gasteiger partial charge < -0.3 is 10.1 Å². The maximum absolute atomic E-state index is 13.1. The van der Waals surface area contributed by atoms with Crippen LogP contribution in [0.15, 0.2) is 64.5 Å². The van der Waals surface area contributed by atoms with Crippen LogP contribution in [-0.4, -0.2) is 47.5 Å². The molecule has 1 heterocycles. The summed E-state index contributed by atoms with van der Waals surface area (Å²) in [5.41, 5.74) is 0.975. The maximum Gasteiger partial charge on any atom is 0.321 e. The SMILES string of the molecule is COCCNC(=O)NC(=O)CSc1nc2ccccc2c(=O)n1-c1ccccc1. The van der Waals surface area contributed by atoms with Crippen molar-refractivity contribution in [1.29, 1.82) is 0 Å². The number of hydrogen-bond donors (Lipinski definition) is 2. The quantitative estimate of drug-likeness (QED) is 0.349. The van der Waals surface area contributed by atoms with Gasteiger partial charge in [-0.15, -0.1) is 0 Å². The van der Waals surface area contributed by atoms with Crippen molar-refractivity contribution in [3.63, 3.8) is 0 Å². The van der Waals surface area contributed by atoms with Crippen LogP contribution in [-0.2, 0) is 9.53 Å². The minimum Gasteiger partial charge on any atom is -0.383 e. The molecule has 0 fully saturated rings. The number of benzene rings is 2. The van der Waals surface area contributed by atoms with Crippen LogP contribution in [0.3, 0.4) is 0 Å². The zero-order valence-electron chi connectivity index (χ0n) is 15.8. The van der Waals surface area contributed by atoms with Gasteiger partial charge in [0, 0.05) is 13.7 Å². The van der Waals surface area contributed by atoms with Crippen LogP contribution >= 0.6 is 11.8 Å². The van der Waals surface area contributed by atoms with E-state index in [0.29, 0.717) is 34.9 Å². The van der Waals surface area contributed by atoms with E-state index >= 15 is 0 Å². The number of fused-ring (bicyclic) bond motifs is 1. The van der Waals surface area contributed by atoms with Gasteiger partial charge in [0.1, 0.15) is 0 Å². The number of rotatable bonds is 7. The van der Waals surface area contributed by atoms with Crippen LogP contribution in [0.25, 0.3) is 16.6 Å². The third-order valence-electron chi connectivity index (χ3n) is 3.94. The maximum atomic E-state index is 13.1. The second-order valence-electron chi connectivity index (χ2n) is 5.97. The highest BCUT2D eigenvalue weighted by atomic mass is 32.2. The monoisotopic (exact) mass is 412 g/mol. The molecule has 0 aliphatic rings. The van der Waals surface area contributed by atoms with Crippen molar-refractivity contribution in [1.82, 2.24) is 20.2 Å². The molecule has 9 heteroatoms. The number of imide groups is 1. The molecule has 0 bridgehead atoms. The summed E-state index contributed by atoms with van der Waals surface area (Å²) in [6, 6.07) is 15.5. The molecule has 0 unspecified atom stereocenters. The lowest BCUT2D eigenvalue weighted by Gasteiger charge is -2.13. The number of aromatic nitrogens is 2. The standard InChI is InChI=1S/C20H20N4O4S/c1-28-12-11-21-19(27)23-17(25)13-29-20-22-16-10-6-5-9-15(16)18(26)24(20)14-7-3-2-4-8-14/h2-10H,11-13H2,1H3,(H2,21,23,25,27). The summed E-state index contributed by atoms with van der Waals surface area (Å²) in [7, 11) is 1.52. The van der Waals surface area contributed by atoms with Gasteiger partial charge in [-0.2, -0.15) is 0 Å². The van der Waals surface area contributed by atoms with Gasteiger partial charge in [-0.05, 0) is 24.3 Å². The molecule has 0 spiro atoms. The van der Waals surface area contributed by atoms with Crippen LogP contribution in [0, 0.1) is 0 Å². The number of nitrogens with one attached hydrogen (secondary N) is 2. The van der Waals surface area contributed by atoms with Crippen LogP contribution in [0.2, 0.25) is 0 Å². The number of para-hydroxylation sites is 2. The highest BCUT2D eigenvalue weighted by Crippen LogP contribution is 2.21. The number of hydrogen-bond acceptors (Lipinski definition) is 6. The van der Waals surface area contributed by atoms with Crippen LogP contribution < -0.4 is 16.2 Å². The minimum atomic E-state index is -0.598. The first-order valence-corrected chi connectivity index (χ1v) is 9.85. The molecule has 3 amide bonds. The Morgan fingerprint density at radius 3 is 2.59 bits per heavy atom. The molecule has 0 atom stereocenters. The molecular weight excluding hydrogens is 392 g/mol. The molecule has 29 heavy (non-hydrogen) atoms. The molecule has 1 aromatic heterocycles. The second kappa shape index (κ2) is 9.85. The predicted octanol–water partition coefficient (Wildman–Crippen LogP) is 1.95. The van der Waals surface area contributed by atoms with E-state index in [1.807, 2.05) is 18.2 Å². The van der Waals surface area contributed by atoms with E-state index in [-0.39, 0.29) is 11.3 Å². The largest absolute Gasteiger partial charge is 0.383 e. The number of methoxy groups -OCH3 is 1. The predicted molar refractivity (Wildman–Crippen MR) is 111 cm³/mol. The Hall–Kier alpha value is -3.17. The lowest BCUT2D eigenvalue weighted by atomic mass is 10.2. The molecular formula is C20H20N4O4S. The first-order valence-electron chi connectivity index (χ1n) is 8.87. The van der Waals surface area contributed by atoms with E-state index in [0.717, 1.165) is 11.8 Å². The van der Waals surface area contributed by atoms with Crippen molar-refractivity contribution in [3.8, 4) is 5.69 Å². The highest BCUT2D eigenvalue weighted by Gasteiger charge is 2.15. The van der Waals surface area contributed by atoms with Crippen LogP contribution in [0.5, 0.6) is 0 Å². The summed E-state index contributed by atoms with van der Waals surface area (Å²) in [5.74, 6) is -0.568. The van der Waals surface area contributed by atoms with Crippen molar-refractivity contribution < 1.29 is 14.3 Å². The average molecular weight is 412 g/mol. The lowest BCUT2D eigenvalue weighted by molar-refractivity contribution is -0.117. The van der Waals surface area contributed by atoms with E-state index < -0.39 is 11.9 Å². The fourth-order valence-corrected chi connectivity index (χ4v) is 3.43. The zero-order valence-corrected chi connectivity index (χ0v) is 16.6. The molecule has 0 aliphatic carbocycles. The van der Waals surface area contributed by atoms with Crippen molar-refractivity contribution in [2.24, 2.45) is 0 Å². The fraction of sp³-hybridized carbons (Fsp3) is 0.200. The molecule has 2 N–H and O–H groups in total. The minimum absolute atomic E-state index is 0.0741. The number of nitrogens with zero attached hydrogens (tertiary/aromatic N) is 2. The smallest absolute Gasteiger partial charge is 0.321 e.